The molecule has 1 saturated carbocycles. The molecule has 1 N–H and O–H groups in total. The molecule has 0 aliphatic heterocycles. The van der Waals surface area contributed by atoms with Crippen LogP contribution in [0.3, 0.4) is 0 Å². The maximum Gasteiger partial charge on any atom is 0.247 e. The van der Waals surface area contributed by atoms with E-state index >= 15 is 0 Å². The zero-order chi connectivity index (χ0) is 12.4. The van der Waals surface area contributed by atoms with Gasteiger partial charge in [-0.25, -0.2) is 0 Å². The van der Waals surface area contributed by atoms with Gasteiger partial charge in [0.2, 0.25) is 5.95 Å². The van der Waals surface area contributed by atoms with Gasteiger partial charge in [-0.05, 0) is 41.8 Å². The molecular formula is C13H17N5. The number of hydrogen-bond donors (Lipinski definition) is 1. The van der Waals surface area contributed by atoms with Crippen molar-refractivity contribution in [2.24, 2.45) is 5.92 Å². The van der Waals surface area contributed by atoms with Crippen molar-refractivity contribution >= 4 is 5.95 Å². The Bertz CT molecular complexity index is 512. The Kier molecular flexibility index (Phi) is 2.96. The first-order valence-corrected chi connectivity index (χ1v) is 6.42. The van der Waals surface area contributed by atoms with Crippen LogP contribution in [0.4, 0.5) is 5.95 Å². The Morgan fingerprint density at radius 2 is 2.06 bits per heavy atom. The van der Waals surface area contributed by atoms with E-state index in [9.17, 15) is 0 Å². The normalized spacial score (nSPS) is 14.7. The highest BCUT2D eigenvalue weighted by atomic mass is 15.6. The highest BCUT2D eigenvalue weighted by Crippen LogP contribution is 2.32. The summed E-state index contributed by atoms with van der Waals surface area (Å²) >= 11 is 0. The molecule has 2 aromatic rings. The highest BCUT2D eigenvalue weighted by molar-refractivity contribution is 5.39. The minimum absolute atomic E-state index is 0.722. The Morgan fingerprint density at radius 3 is 2.78 bits per heavy atom. The standard InChI is InChI=1S/C13H17N5/c1-10-2-6-12(7-3-10)18-13(15-16-17-18)14-9-8-11-4-5-11/h2-3,6-7,11H,4-5,8-9H2,1H3,(H,14,15,17). The lowest BCUT2D eigenvalue weighted by molar-refractivity contribution is 0.748. The molecule has 1 aromatic carbocycles. The van der Waals surface area contributed by atoms with Gasteiger partial charge in [0.05, 0.1) is 5.69 Å². The van der Waals surface area contributed by atoms with E-state index in [1.54, 1.807) is 4.68 Å². The quantitative estimate of drug-likeness (QED) is 0.874. The monoisotopic (exact) mass is 243 g/mol. The zero-order valence-electron chi connectivity index (χ0n) is 10.5. The van der Waals surface area contributed by atoms with Crippen LogP contribution < -0.4 is 5.32 Å². The number of aryl methyl sites for hydroxylation is 1. The fraction of sp³-hybridized carbons (Fsp3) is 0.462. The molecule has 1 fully saturated rings. The third-order valence-corrected chi connectivity index (χ3v) is 3.28. The number of anilines is 1. The Hall–Kier alpha value is -1.91. The van der Waals surface area contributed by atoms with Crippen molar-refractivity contribution in [1.82, 2.24) is 20.2 Å². The minimum atomic E-state index is 0.722. The molecule has 94 valence electrons. The molecule has 0 amide bonds. The summed E-state index contributed by atoms with van der Waals surface area (Å²) in [5.41, 5.74) is 2.22. The van der Waals surface area contributed by atoms with Crippen LogP contribution in [0.2, 0.25) is 0 Å². The third-order valence-electron chi connectivity index (χ3n) is 3.28. The first kappa shape index (κ1) is 11.2. The van der Waals surface area contributed by atoms with E-state index in [1.165, 1.54) is 24.8 Å². The van der Waals surface area contributed by atoms with Crippen LogP contribution in [0.25, 0.3) is 5.69 Å². The Balaban J connectivity index is 1.71. The molecule has 0 spiro atoms. The number of nitrogens with one attached hydrogen (secondary N) is 1. The summed E-state index contributed by atoms with van der Waals surface area (Å²) in [7, 11) is 0. The number of benzene rings is 1. The van der Waals surface area contributed by atoms with E-state index < -0.39 is 0 Å². The van der Waals surface area contributed by atoms with Crippen molar-refractivity contribution in [3.8, 4) is 5.69 Å². The van der Waals surface area contributed by atoms with Crippen LogP contribution >= 0.6 is 0 Å². The second-order valence-corrected chi connectivity index (χ2v) is 4.91. The van der Waals surface area contributed by atoms with Crippen molar-refractivity contribution in [2.45, 2.75) is 26.2 Å². The summed E-state index contributed by atoms with van der Waals surface area (Å²) in [6.45, 7) is 3.01. The maximum atomic E-state index is 4.02. The third kappa shape index (κ3) is 2.50. The molecule has 0 unspecified atom stereocenters. The van der Waals surface area contributed by atoms with E-state index in [2.05, 4.69) is 39.9 Å². The molecule has 1 heterocycles. The van der Waals surface area contributed by atoms with Crippen molar-refractivity contribution in [3.05, 3.63) is 29.8 Å². The summed E-state index contributed by atoms with van der Waals surface area (Å²) < 4.78 is 1.74. The number of hydrogen-bond acceptors (Lipinski definition) is 4. The van der Waals surface area contributed by atoms with E-state index in [0.29, 0.717) is 0 Å². The summed E-state index contributed by atoms with van der Waals surface area (Å²) in [4.78, 5) is 0. The molecule has 0 radical (unpaired) electrons. The second kappa shape index (κ2) is 4.76. The number of rotatable bonds is 5. The average molecular weight is 243 g/mol. The van der Waals surface area contributed by atoms with Crippen LogP contribution in [0.5, 0.6) is 0 Å². The molecule has 5 nitrogen and oxygen atoms in total. The highest BCUT2D eigenvalue weighted by Gasteiger charge is 2.20. The van der Waals surface area contributed by atoms with Crippen molar-refractivity contribution in [3.63, 3.8) is 0 Å². The molecule has 0 atom stereocenters. The van der Waals surface area contributed by atoms with Gasteiger partial charge in [0.25, 0.3) is 0 Å². The largest absolute Gasteiger partial charge is 0.353 e. The first-order chi connectivity index (χ1) is 8.83. The molecule has 5 heteroatoms. The molecular weight excluding hydrogens is 226 g/mol. The van der Waals surface area contributed by atoms with Gasteiger partial charge in [-0.15, -0.1) is 0 Å². The molecule has 3 rings (SSSR count). The maximum absolute atomic E-state index is 4.02. The molecule has 1 aliphatic carbocycles. The second-order valence-electron chi connectivity index (χ2n) is 4.91. The Labute approximate surface area is 106 Å². The molecule has 0 bridgehead atoms. The number of aromatic nitrogens is 4. The van der Waals surface area contributed by atoms with Crippen LogP contribution in [0.15, 0.2) is 24.3 Å². The van der Waals surface area contributed by atoms with Crippen LogP contribution in [-0.2, 0) is 0 Å². The molecule has 1 aliphatic rings. The smallest absolute Gasteiger partial charge is 0.247 e. The first-order valence-electron chi connectivity index (χ1n) is 6.42. The predicted molar refractivity (Wildman–Crippen MR) is 69.7 cm³/mol. The van der Waals surface area contributed by atoms with Gasteiger partial charge in [0.1, 0.15) is 0 Å². The van der Waals surface area contributed by atoms with Crippen LogP contribution in [-0.4, -0.2) is 26.8 Å². The average Bonchev–Trinajstić information content (AvgIpc) is 3.08. The lowest BCUT2D eigenvalue weighted by Crippen LogP contribution is -2.09. The Morgan fingerprint density at radius 1 is 1.28 bits per heavy atom. The van der Waals surface area contributed by atoms with E-state index in [4.69, 9.17) is 0 Å². The van der Waals surface area contributed by atoms with E-state index in [-0.39, 0.29) is 0 Å². The van der Waals surface area contributed by atoms with Crippen LogP contribution in [0.1, 0.15) is 24.8 Å². The fourth-order valence-corrected chi connectivity index (χ4v) is 1.95. The fourth-order valence-electron chi connectivity index (χ4n) is 1.95. The van der Waals surface area contributed by atoms with E-state index in [1.807, 2.05) is 12.1 Å². The van der Waals surface area contributed by atoms with Gasteiger partial charge < -0.3 is 5.32 Å². The minimum Gasteiger partial charge on any atom is -0.353 e. The summed E-state index contributed by atoms with van der Waals surface area (Å²) in [6, 6.07) is 8.17. The summed E-state index contributed by atoms with van der Waals surface area (Å²) in [5.74, 6) is 1.64. The van der Waals surface area contributed by atoms with Gasteiger partial charge in [-0.2, -0.15) is 4.68 Å². The van der Waals surface area contributed by atoms with Crippen molar-refractivity contribution in [2.75, 3.05) is 11.9 Å². The topological polar surface area (TPSA) is 55.6 Å². The van der Waals surface area contributed by atoms with Crippen LogP contribution in [0, 0.1) is 12.8 Å². The summed E-state index contributed by atoms with van der Waals surface area (Å²) in [6.07, 6.45) is 3.97. The van der Waals surface area contributed by atoms with Gasteiger partial charge in [-0.3, -0.25) is 0 Å². The number of nitrogens with zero attached hydrogens (tertiary/aromatic N) is 4. The van der Waals surface area contributed by atoms with E-state index in [0.717, 1.165) is 24.1 Å². The molecule has 18 heavy (non-hydrogen) atoms. The molecule has 0 saturated heterocycles. The van der Waals surface area contributed by atoms with Gasteiger partial charge >= 0.3 is 0 Å². The van der Waals surface area contributed by atoms with Gasteiger partial charge in [0.15, 0.2) is 0 Å². The lowest BCUT2D eigenvalue weighted by Gasteiger charge is -2.06. The number of tetrazole rings is 1. The lowest BCUT2D eigenvalue weighted by atomic mass is 10.2. The molecule has 1 aromatic heterocycles. The van der Waals surface area contributed by atoms with Crippen molar-refractivity contribution in [1.29, 1.82) is 0 Å². The predicted octanol–water partition coefficient (Wildman–Crippen LogP) is 2.18. The zero-order valence-corrected chi connectivity index (χ0v) is 10.5. The van der Waals surface area contributed by atoms with Crippen molar-refractivity contribution < 1.29 is 0 Å². The summed E-state index contributed by atoms with van der Waals surface area (Å²) in [5, 5.41) is 15.1. The van der Waals surface area contributed by atoms with Gasteiger partial charge in [-0.1, -0.05) is 35.6 Å². The SMILES string of the molecule is Cc1ccc(-n2nnnc2NCCC2CC2)cc1. The van der Waals surface area contributed by atoms with Gasteiger partial charge in [0, 0.05) is 6.54 Å².